The average molecular weight is 129 g/mol. The van der Waals surface area contributed by atoms with Crippen molar-refractivity contribution in [2.75, 3.05) is 6.54 Å². The lowest BCUT2D eigenvalue weighted by Crippen LogP contribution is -1.97. The molecule has 0 amide bonds. The highest BCUT2D eigenvalue weighted by molar-refractivity contribution is 5.72. The zero-order valence-corrected chi connectivity index (χ0v) is 6.40. The van der Waals surface area contributed by atoms with E-state index in [4.69, 9.17) is 5.73 Å². The molecule has 0 radical (unpaired) electrons. The van der Waals surface area contributed by atoms with Gasteiger partial charge in [-0.1, -0.05) is 12.2 Å². The van der Waals surface area contributed by atoms with Gasteiger partial charge in [-0.2, -0.15) is 0 Å². The highest BCUT2D eigenvalue weighted by atomic mass is 16.1. The van der Waals surface area contributed by atoms with Crippen LogP contribution in [0.5, 0.6) is 0 Å². The molecule has 0 unspecified atom stereocenters. The molecule has 0 rings (SSSR count). The van der Waals surface area contributed by atoms with Gasteiger partial charge in [0.25, 0.3) is 0 Å². The van der Waals surface area contributed by atoms with Gasteiger partial charge in [-0.25, -0.2) is 0 Å². The Balaban J connectivity index is 0. The van der Waals surface area contributed by atoms with Crippen molar-refractivity contribution in [3.63, 3.8) is 0 Å². The van der Waals surface area contributed by atoms with Gasteiger partial charge in [-0.05, 0) is 20.8 Å². The van der Waals surface area contributed by atoms with Gasteiger partial charge in [0, 0.05) is 6.54 Å². The third-order valence-corrected chi connectivity index (χ3v) is 0.348. The second kappa shape index (κ2) is 7.37. The van der Waals surface area contributed by atoms with Crippen molar-refractivity contribution in [2.24, 2.45) is 5.73 Å². The molecule has 0 aromatic rings. The normalized spacial score (nSPS) is 7.11. The lowest BCUT2D eigenvalue weighted by atomic mass is 10.4. The van der Waals surface area contributed by atoms with Gasteiger partial charge >= 0.3 is 0 Å². The summed E-state index contributed by atoms with van der Waals surface area (Å²) in [4.78, 5) is 9.44. The number of Topliss-reactive ketones (excluding diaryl/α,β-unsaturated/α-hetero) is 1. The van der Waals surface area contributed by atoms with Crippen LogP contribution in [0, 0.1) is 0 Å². The van der Waals surface area contributed by atoms with Crippen LogP contribution >= 0.6 is 0 Å². The summed E-state index contributed by atoms with van der Waals surface area (Å²) in [6, 6.07) is 0. The first-order valence-corrected chi connectivity index (χ1v) is 2.82. The Kier molecular flexibility index (Phi) is 9.18. The number of hydrogen-bond acceptors (Lipinski definition) is 2. The maximum absolute atomic E-state index is 9.44. The van der Waals surface area contributed by atoms with Gasteiger partial charge in [-0.3, -0.25) is 0 Å². The third kappa shape index (κ3) is 113. The number of ketones is 1. The molecule has 54 valence electrons. The molecule has 0 aromatic carbocycles. The molecule has 2 nitrogen and oxygen atoms in total. The van der Waals surface area contributed by atoms with Crippen molar-refractivity contribution in [2.45, 2.75) is 20.8 Å². The zero-order chi connectivity index (χ0) is 7.86. The van der Waals surface area contributed by atoms with Crippen molar-refractivity contribution < 1.29 is 4.79 Å². The summed E-state index contributed by atoms with van der Waals surface area (Å²) in [7, 11) is 0. The summed E-state index contributed by atoms with van der Waals surface area (Å²) in [5.41, 5.74) is 6.10. The second-order valence-corrected chi connectivity index (χ2v) is 2.07. The second-order valence-electron chi connectivity index (χ2n) is 2.07. The number of carbonyl (C=O) groups is 1. The number of nitrogens with two attached hydrogens (primary N) is 1. The molecular weight excluding hydrogens is 114 g/mol. The smallest absolute Gasteiger partial charge is 0.126 e. The monoisotopic (exact) mass is 129 g/mol. The summed E-state index contributed by atoms with van der Waals surface area (Å²) in [5.74, 6) is 0.167. The molecule has 0 aromatic heterocycles. The highest BCUT2D eigenvalue weighted by Gasteiger charge is 1.67. The standard InChI is InChI=1S/C4H9N.C3H6O/c1-4(2)3-5;1-3(2)4/h1,3,5H2,2H3;1-2H3. The topological polar surface area (TPSA) is 43.1 Å². The molecule has 9 heavy (non-hydrogen) atoms. The fourth-order valence-corrected chi connectivity index (χ4v) is 0. The first-order valence-electron chi connectivity index (χ1n) is 2.82. The molecule has 0 spiro atoms. The molecule has 0 aliphatic rings. The van der Waals surface area contributed by atoms with Crippen LogP contribution in [0.1, 0.15) is 20.8 Å². The third-order valence-electron chi connectivity index (χ3n) is 0.348. The molecule has 0 aliphatic carbocycles. The van der Waals surface area contributed by atoms with E-state index in [-0.39, 0.29) is 5.78 Å². The van der Waals surface area contributed by atoms with Crippen LogP contribution in [-0.2, 0) is 4.79 Å². The Morgan fingerprint density at radius 2 is 1.56 bits per heavy atom. The summed E-state index contributed by atoms with van der Waals surface area (Å²) < 4.78 is 0. The predicted molar refractivity (Wildman–Crippen MR) is 40.2 cm³/mol. The summed E-state index contributed by atoms with van der Waals surface area (Å²) in [6.45, 7) is 9.12. The number of hydrogen-bond donors (Lipinski definition) is 1. The van der Waals surface area contributed by atoms with E-state index >= 15 is 0 Å². The largest absolute Gasteiger partial charge is 0.327 e. The van der Waals surface area contributed by atoms with Gasteiger partial charge in [0.1, 0.15) is 5.78 Å². The van der Waals surface area contributed by atoms with Crippen LogP contribution in [0.4, 0.5) is 0 Å². The summed E-state index contributed by atoms with van der Waals surface area (Å²) in [5, 5.41) is 0. The van der Waals surface area contributed by atoms with E-state index in [0.717, 1.165) is 5.57 Å². The minimum atomic E-state index is 0.167. The van der Waals surface area contributed by atoms with Crippen molar-refractivity contribution in [1.29, 1.82) is 0 Å². The number of rotatable bonds is 1. The SMILES string of the molecule is C=C(C)CN.CC(C)=O. The Morgan fingerprint density at radius 1 is 1.44 bits per heavy atom. The van der Waals surface area contributed by atoms with Crippen molar-refractivity contribution in [1.82, 2.24) is 0 Å². The molecule has 0 atom stereocenters. The molecule has 0 heterocycles. The van der Waals surface area contributed by atoms with Crippen LogP contribution in [0.15, 0.2) is 12.2 Å². The van der Waals surface area contributed by atoms with E-state index in [9.17, 15) is 4.79 Å². The van der Waals surface area contributed by atoms with Crippen LogP contribution in [0.25, 0.3) is 0 Å². The zero-order valence-electron chi connectivity index (χ0n) is 6.40. The minimum Gasteiger partial charge on any atom is -0.327 e. The Bertz CT molecular complexity index is 93.1. The maximum Gasteiger partial charge on any atom is 0.126 e. The van der Waals surface area contributed by atoms with Crippen LogP contribution in [0.2, 0.25) is 0 Å². The molecule has 2 N–H and O–H groups in total. The van der Waals surface area contributed by atoms with E-state index in [2.05, 4.69) is 6.58 Å². The maximum atomic E-state index is 9.44. The average Bonchev–Trinajstić information content (AvgIpc) is 1.65. The van der Waals surface area contributed by atoms with Crippen molar-refractivity contribution in [3.8, 4) is 0 Å². The quantitative estimate of drug-likeness (QED) is 0.539. The molecular formula is C7H15NO. The lowest BCUT2D eigenvalue weighted by molar-refractivity contribution is -0.114. The van der Waals surface area contributed by atoms with Crippen LogP contribution in [0.3, 0.4) is 0 Å². The Hall–Kier alpha value is -0.630. The summed E-state index contributed by atoms with van der Waals surface area (Å²) in [6.07, 6.45) is 0. The lowest BCUT2D eigenvalue weighted by Gasteiger charge is -1.80. The molecule has 0 saturated heterocycles. The predicted octanol–water partition coefficient (Wildman–Crippen LogP) is 1.12. The molecule has 2 heteroatoms. The fourth-order valence-electron chi connectivity index (χ4n) is 0. The van der Waals surface area contributed by atoms with Crippen molar-refractivity contribution >= 4 is 5.78 Å². The van der Waals surface area contributed by atoms with Crippen LogP contribution < -0.4 is 5.73 Å². The first kappa shape index (κ1) is 11.2. The van der Waals surface area contributed by atoms with E-state index in [1.807, 2.05) is 6.92 Å². The molecule has 0 saturated carbocycles. The van der Waals surface area contributed by atoms with Gasteiger partial charge in [-0.15, -0.1) is 0 Å². The van der Waals surface area contributed by atoms with Gasteiger partial charge in [0.2, 0.25) is 0 Å². The first-order chi connectivity index (χ1) is 4.00. The molecule has 0 aliphatic heterocycles. The Labute approximate surface area is 56.7 Å². The number of carbonyl (C=O) groups excluding carboxylic acids is 1. The Morgan fingerprint density at radius 3 is 1.56 bits per heavy atom. The highest BCUT2D eigenvalue weighted by Crippen LogP contribution is 1.74. The van der Waals surface area contributed by atoms with E-state index < -0.39 is 0 Å². The van der Waals surface area contributed by atoms with Crippen LogP contribution in [-0.4, -0.2) is 12.3 Å². The summed E-state index contributed by atoms with van der Waals surface area (Å²) >= 11 is 0. The van der Waals surface area contributed by atoms with Gasteiger partial charge < -0.3 is 10.5 Å². The van der Waals surface area contributed by atoms with E-state index in [1.54, 1.807) is 0 Å². The molecule has 0 bridgehead atoms. The van der Waals surface area contributed by atoms with E-state index in [1.165, 1.54) is 13.8 Å². The van der Waals surface area contributed by atoms with Crippen molar-refractivity contribution in [3.05, 3.63) is 12.2 Å². The van der Waals surface area contributed by atoms with Gasteiger partial charge in [0.05, 0.1) is 0 Å². The minimum absolute atomic E-state index is 0.167. The molecule has 0 fully saturated rings. The van der Waals surface area contributed by atoms with E-state index in [0.29, 0.717) is 6.54 Å². The fraction of sp³-hybridized carbons (Fsp3) is 0.571. The van der Waals surface area contributed by atoms with Gasteiger partial charge in [0.15, 0.2) is 0 Å².